The Labute approximate surface area is 106 Å². The van der Waals surface area contributed by atoms with Crippen molar-refractivity contribution in [3.05, 3.63) is 29.6 Å². The van der Waals surface area contributed by atoms with Gasteiger partial charge in [-0.25, -0.2) is 17.5 Å². The summed E-state index contributed by atoms with van der Waals surface area (Å²) in [4.78, 5) is -0.0571. The average molecular weight is 272 g/mol. The molecule has 0 heterocycles. The van der Waals surface area contributed by atoms with E-state index in [0.29, 0.717) is 18.4 Å². The van der Waals surface area contributed by atoms with Crippen LogP contribution in [0.15, 0.2) is 23.1 Å². The Morgan fingerprint density at radius 2 is 2.17 bits per heavy atom. The van der Waals surface area contributed by atoms with E-state index in [0.717, 1.165) is 6.42 Å². The number of hydrogen-bond donors (Lipinski definition) is 2. The molecule has 0 aromatic heterocycles. The Hall–Kier alpha value is -0.980. The molecule has 1 saturated carbocycles. The first-order valence-corrected chi connectivity index (χ1v) is 7.41. The van der Waals surface area contributed by atoms with Crippen molar-refractivity contribution in [3.63, 3.8) is 0 Å². The van der Waals surface area contributed by atoms with Crippen molar-refractivity contribution in [3.8, 4) is 0 Å². The quantitative estimate of drug-likeness (QED) is 0.846. The summed E-state index contributed by atoms with van der Waals surface area (Å²) < 4.78 is 40.1. The van der Waals surface area contributed by atoms with Crippen molar-refractivity contribution in [1.29, 1.82) is 0 Å². The molecular formula is C12H17FN2O2S. The number of benzene rings is 1. The molecule has 18 heavy (non-hydrogen) atoms. The minimum Gasteiger partial charge on any atom is -0.326 e. The molecule has 0 spiro atoms. The van der Waals surface area contributed by atoms with Crippen LogP contribution in [0, 0.1) is 17.7 Å². The van der Waals surface area contributed by atoms with Gasteiger partial charge in [-0.3, -0.25) is 0 Å². The Bertz CT molecular complexity index is 545. The molecule has 2 rings (SSSR count). The Morgan fingerprint density at radius 3 is 2.72 bits per heavy atom. The van der Waals surface area contributed by atoms with Crippen molar-refractivity contribution >= 4 is 10.0 Å². The molecule has 1 aromatic carbocycles. The molecule has 4 nitrogen and oxygen atoms in total. The zero-order chi connectivity index (χ0) is 13.3. The first kappa shape index (κ1) is 13.5. The molecule has 0 bridgehead atoms. The van der Waals surface area contributed by atoms with E-state index in [4.69, 9.17) is 5.73 Å². The lowest BCUT2D eigenvalue weighted by Crippen LogP contribution is -2.27. The molecule has 6 heteroatoms. The smallest absolute Gasteiger partial charge is 0.241 e. The SMILES string of the molecule is CC1CC1CNS(=O)(=O)c1cccc(F)c1CN. The molecule has 1 fully saturated rings. The molecule has 100 valence electrons. The third kappa shape index (κ3) is 2.71. The van der Waals surface area contributed by atoms with Crippen molar-refractivity contribution in [2.75, 3.05) is 6.54 Å². The van der Waals surface area contributed by atoms with Crippen molar-refractivity contribution < 1.29 is 12.8 Å². The van der Waals surface area contributed by atoms with Crippen LogP contribution in [0.4, 0.5) is 4.39 Å². The van der Waals surface area contributed by atoms with E-state index in [1.807, 2.05) is 0 Å². The monoisotopic (exact) mass is 272 g/mol. The predicted octanol–water partition coefficient (Wildman–Crippen LogP) is 1.22. The number of nitrogens with two attached hydrogens (primary N) is 1. The molecule has 1 aliphatic carbocycles. The topological polar surface area (TPSA) is 72.2 Å². The third-order valence-electron chi connectivity index (χ3n) is 3.38. The molecule has 3 N–H and O–H groups in total. The highest BCUT2D eigenvalue weighted by Gasteiger charge is 2.33. The van der Waals surface area contributed by atoms with E-state index in [9.17, 15) is 12.8 Å². The Kier molecular flexibility index (Phi) is 3.70. The highest BCUT2D eigenvalue weighted by Crippen LogP contribution is 2.37. The van der Waals surface area contributed by atoms with Crippen molar-refractivity contribution in [1.82, 2.24) is 4.72 Å². The lowest BCUT2D eigenvalue weighted by molar-refractivity contribution is 0.566. The van der Waals surface area contributed by atoms with E-state index in [-0.39, 0.29) is 17.0 Å². The molecular weight excluding hydrogens is 255 g/mol. The van der Waals surface area contributed by atoms with Gasteiger partial charge < -0.3 is 5.73 Å². The van der Waals surface area contributed by atoms with Gasteiger partial charge in [0.2, 0.25) is 10.0 Å². The fourth-order valence-electron chi connectivity index (χ4n) is 1.97. The second kappa shape index (κ2) is 4.95. The van der Waals surface area contributed by atoms with Crippen LogP contribution in [0.1, 0.15) is 18.9 Å². The maximum absolute atomic E-state index is 13.5. The third-order valence-corrected chi connectivity index (χ3v) is 4.89. The van der Waals surface area contributed by atoms with Crippen molar-refractivity contribution in [2.45, 2.75) is 24.8 Å². The first-order valence-electron chi connectivity index (χ1n) is 5.93. The molecule has 0 radical (unpaired) electrons. The lowest BCUT2D eigenvalue weighted by atomic mass is 10.2. The summed E-state index contributed by atoms with van der Waals surface area (Å²) in [6.45, 7) is 2.35. The van der Waals surface area contributed by atoms with Crippen LogP contribution >= 0.6 is 0 Å². The number of nitrogens with one attached hydrogen (secondary N) is 1. The van der Waals surface area contributed by atoms with Crippen LogP contribution in [0.25, 0.3) is 0 Å². The van der Waals surface area contributed by atoms with Crippen LogP contribution in [0.3, 0.4) is 0 Å². The number of sulfonamides is 1. The number of halogens is 1. The number of rotatable bonds is 5. The van der Waals surface area contributed by atoms with Crippen LogP contribution in [-0.4, -0.2) is 15.0 Å². The minimum absolute atomic E-state index is 0.0360. The van der Waals surface area contributed by atoms with E-state index < -0.39 is 15.8 Å². The van der Waals surface area contributed by atoms with Gasteiger partial charge in [0.15, 0.2) is 0 Å². The highest BCUT2D eigenvalue weighted by atomic mass is 32.2. The molecule has 0 aliphatic heterocycles. The summed E-state index contributed by atoms with van der Waals surface area (Å²) in [5.74, 6) is 0.379. The van der Waals surface area contributed by atoms with Gasteiger partial charge in [-0.15, -0.1) is 0 Å². The van der Waals surface area contributed by atoms with E-state index >= 15 is 0 Å². The summed E-state index contributed by atoms with van der Waals surface area (Å²) in [5.41, 5.74) is 5.44. The average Bonchev–Trinajstić information content (AvgIpc) is 3.03. The van der Waals surface area contributed by atoms with E-state index in [1.54, 1.807) is 0 Å². The van der Waals surface area contributed by atoms with Gasteiger partial charge in [-0.2, -0.15) is 0 Å². The summed E-state index contributed by atoms with van der Waals surface area (Å²) in [6, 6.07) is 3.97. The van der Waals surface area contributed by atoms with E-state index in [2.05, 4.69) is 11.6 Å². The fourth-order valence-corrected chi connectivity index (χ4v) is 3.32. The molecule has 1 aliphatic rings. The molecule has 1 aromatic rings. The summed E-state index contributed by atoms with van der Waals surface area (Å²) in [5, 5.41) is 0. The maximum atomic E-state index is 13.5. The predicted molar refractivity (Wildman–Crippen MR) is 66.8 cm³/mol. The summed E-state index contributed by atoms with van der Waals surface area (Å²) in [6.07, 6.45) is 1.04. The Balaban J connectivity index is 2.21. The van der Waals surface area contributed by atoms with Gasteiger partial charge in [0.1, 0.15) is 5.82 Å². The van der Waals surface area contributed by atoms with Gasteiger partial charge in [0.05, 0.1) is 4.90 Å². The highest BCUT2D eigenvalue weighted by molar-refractivity contribution is 7.89. The Morgan fingerprint density at radius 1 is 1.50 bits per heavy atom. The molecule has 0 saturated heterocycles. The standard InChI is InChI=1S/C12H17FN2O2S/c1-8-5-9(8)7-15-18(16,17)12-4-2-3-11(13)10(12)6-14/h2-4,8-9,15H,5-7,14H2,1H3. The summed E-state index contributed by atoms with van der Waals surface area (Å²) >= 11 is 0. The summed E-state index contributed by atoms with van der Waals surface area (Å²) in [7, 11) is -3.67. The van der Waals surface area contributed by atoms with Crippen LogP contribution in [0.2, 0.25) is 0 Å². The number of hydrogen-bond acceptors (Lipinski definition) is 3. The molecule has 2 atom stereocenters. The van der Waals surface area contributed by atoms with Crippen molar-refractivity contribution in [2.24, 2.45) is 17.6 Å². The van der Waals surface area contributed by atoms with Gasteiger partial charge in [0.25, 0.3) is 0 Å². The first-order chi connectivity index (χ1) is 8.45. The maximum Gasteiger partial charge on any atom is 0.241 e. The fraction of sp³-hybridized carbons (Fsp3) is 0.500. The second-order valence-electron chi connectivity index (χ2n) is 4.75. The largest absolute Gasteiger partial charge is 0.326 e. The molecule has 0 amide bonds. The zero-order valence-electron chi connectivity index (χ0n) is 10.2. The van der Waals surface area contributed by atoms with Gasteiger partial charge in [-0.05, 0) is 30.4 Å². The van der Waals surface area contributed by atoms with Crippen LogP contribution in [-0.2, 0) is 16.6 Å². The minimum atomic E-state index is -3.67. The van der Waals surface area contributed by atoms with Crippen LogP contribution in [0.5, 0.6) is 0 Å². The zero-order valence-corrected chi connectivity index (χ0v) is 11.0. The van der Waals surface area contributed by atoms with Gasteiger partial charge in [-0.1, -0.05) is 13.0 Å². The lowest BCUT2D eigenvalue weighted by Gasteiger charge is -2.10. The van der Waals surface area contributed by atoms with Crippen LogP contribution < -0.4 is 10.5 Å². The second-order valence-corrected chi connectivity index (χ2v) is 6.48. The normalized spacial score (nSPS) is 23.1. The van der Waals surface area contributed by atoms with Gasteiger partial charge >= 0.3 is 0 Å². The van der Waals surface area contributed by atoms with Gasteiger partial charge in [0, 0.05) is 18.7 Å². The van der Waals surface area contributed by atoms with E-state index in [1.165, 1.54) is 18.2 Å². The molecule has 2 unspecified atom stereocenters.